The maximum absolute atomic E-state index is 4.39. The van der Waals surface area contributed by atoms with Crippen LogP contribution in [0.15, 0.2) is 6.07 Å². The van der Waals surface area contributed by atoms with Gasteiger partial charge >= 0.3 is 0 Å². The van der Waals surface area contributed by atoms with E-state index in [0.717, 1.165) is 31.7 Å². The minimum Gasteiger partial charge on any atom is -0.310 e. The highest BCUT2D eigenvalue weighted by Crippen LogP contribution is 2.02. The lowest BCUT2D eigenvalue weighted by Crippen LogP contribution is -2.17. The molecule has 15 heavy (non-hydrogen) atoms. The second-order valence-corrected chi connectivity index (χ2v) is 3.45. The third-order valence-electron chi connectivity index (χ3n) is 2.19. The van der Waals surface area contributed by atoms with Gasteiger partial charge in [-0.1, -0.05) is 0 Å². The average Bonchev–Trinajstić information content (AvgIpc) is 2.59. The molecule has 0 unspecified atom stereocenters. The molecule has 0 aliphatic heterocycles. The van der Waals surface area contributed by atoms with E-state index < -0.39 is 0 Å². The van der Waals surface area contributed by atoms with Crippen LogP contribution in [0.2, 0.25) is 0 Å². The van der Waals surface area contributed by atoms with E-state index in [9.17, 15) is 0 Å². The van der Waals surface area contributed by atoms with Gasteiger partial charge in [-0.05, 0) is 26.8 Å². The number of aryl methyl sites for hydroxylation is 2. The Morgan fingerprint density at radius 3 is 3.00 bits per heavy atom. The van der Waals surface area contributed by atoms with Crippen LogP contribution in [0.25, 0.3) is 0 Å². The predicted molar refractivity (Wildman–Crippen MR) is 62.4 cm³/mol. The molecular formula is C12H19N3. The number of hydrogen-bond donors (Lipinski definition) is 1. The molecule has 0 bridgehead atoms. The van der Waals surface area contributed by atoms with Crippen molar-refractivity contribution in [1.29, 1.82) is 0 Å². The first-order valence-electron chi connectivity index (χ1n) is 5.41. The summed E-state index contributed by atoms with van der Waals surface area (Å²) in [5.74, 6) is 5.92. The third-order valence-corrected chi connectivity index (χ3v) is 2.19. The van der Waals surface area contributed by atoms with E-state index in [2.05, 4.69) is 35.2 Å². The van der Waals surface area contributed by atoms with Gasteiger partial charge in [-0.15, -0.1) is 11.8 Å². The zero-order valence-electron chi connectivity index (χ0n) is 9.80. The zero-order chi connectivity index (χ0) is 11.1. The Hall–Kier alpha value is -1.27. The van der Waals surface area contributed by atoms with E-state index in [1.54, 1.807) is 0 Å². The van der Waals surface area contributed by atoms with Crippen molar-refractivity contribution in [2.24, 2.45) is 0 Å². The molecule has 0 radical (unpaired) electrons. The Morgan fingerprint density at radius 2 is 2.33 bits per heavy atom. The van der Waals surface area contributed by atoms with Crippen molar-refractivity contribution >= 4 is 0 Å². The summed E-state index contributed by atoms with van der Waals surface area (Å²) >= 11 is 0. The quantitative estimate of drug-likeness (QED) is 0.586. The molecule has 1 rings (SSSR count). The number of nitrogens with zero attached hydrogens (tertiary/aromatic N) is 2. The molecule has 1 aromatic heterocycles. The van der Waals surface area contributed by atoms with Crippen molar-refractivity contribution < 1.29 is 0 Å². The van der Waals surface area contributed by atoms with E-state index in [-0.39, 0.29) is 0 Å². The van der Waals surface area contributed by atoms with Crippen LogP contribution in [0, 0.1) is 18.8 Å². The van der Waals surface area contributed by atoms with Crippen LogP contribution in [0.3, 0.4) is 0 Å². The number of aromatic nitrogens is 2. The molecule has 1 heterocycles. The van der Waals surface area contributed by atoms with Gasteiger partial charge in [0.15, 0.2) is 0 Å². The Labute approximate surface area is 91.9 Å². The summed E-state index contributed by atoms with van der Waals surface area (Å²) in [7, 11) is 0. The molecule has 0 aromatic carbocycles. The zero-order valence-corrected chi connectivity index (χ0v) is 9.80. The van der Waals surface area contributed by atoms with Crippen molar-refractivity contribution in [2.75, 3.05) is 6.54 Å². The molecular weight excluding hydrogens is 186 g/mol. The first-order valence-corrected chi connectivity index (χ1v) is 5.41. The molecule has 1 N–H and O–H groups in total. The van der Waals surface area contributed by atoms with Crippen molar-refractivity contribution in [3.63, 3.8) is 0 Å². The fourth-order valence-electron chi connectivity index (χ4n) is 1.51. The van der Waals surface area contributed by atoms with Gasteiger partial charge in [-0.2, -0.15) is 5.10 Å². The molecule has 0 aliphatic carbocycles. The molecule has 0 amide bonds. The lowest BCUT2D eigenvalue weighted by Gasteiger charge is -2.04. The van der Waals surface area contributed by atoms with Gasteiger partial charge in [0.2, 0.25) is 0 Å². The van der Waals surface area contributed by atoms with E-state index in [4.69, 9.17) is 0 Å². The molecule has 82 valence electrons. The van der Waals surface area contributed by atoms with E-state index in [1.165, 1.54) is 5.69 Å². The largest absolute Gasteiger partial charge is 0.310 e. The maximum atomic E-state index is 4.39. The fraction of sp³-hybridized carbons (Fsp3) is 0.583. The fourth-order valence-corrected chi connectivity index (χ4v) is 1.51. The Morgan fingerprint density at radius 1 is 1.53 bits per heavy atom. The lowest BCUT2D eigenvalue weighted by molar-refractivity contribution is 0.582. The van der Waals surface area contributed by atoms with Crippen molar-refractivity contribution in [2.45, 2.75) is 40.3 Å². The first kappa shape index (κ1) is 11.8. The summed E-state index contributed by atoms with van der Waals surface area (Å²) < 4.78 is 2.04. The summed E-state index contributed by atoms with van der Waals surface area (Å²) in [5.41, 5.74) is 2.33. The van der Waals surface area contributed by atoms with E-state index in [1.807, 2.05) is 18.5 Å². The molecule has 0 saturated carbocycles. The Balaban J connectivity index is 2.38. The molecule has 3 heteroatoms. The second kappa shape index (κ2) is 6.26. The normalized spacial score (nSPS) is 9.80. The molecule has 0 fully saturated rings. The van der Waals surface area contributed by atoms with Crippen LogP contribution in [0.5, 0.6) is 0 Å². The van der Waals surface area contributed by atoms with Crippen molar-refractivity contribution in [3.8, 4) is 11.8 Å². The van der Waals surface area contributed by atoms with Gasteiger partial charge < -0.3 is 5.32 Å². The first-order chi connectivity index (χ1) is 7.27. The Bertz CT molecular complexity index is 355. The van der Waals surface area contributed by atoms with E-state index >= 15 is 0 Å². The summed E-state index contributed by atoms with van der Waals surface area (Å²) in [6, 6.07) is 2.13. The summed E-state index contributed by atoms with van der Waals surface area (Å²) in [6.45, 7) is 8.75. The molecule has 0 spiro atoms. The van der Waals surface area contributed by atoms with Crippen LogP contribution >= 0.6 is 0 Å². The monoisotopic (exact) mass is 205 g/mol. The molecule has 0 aliphatic rings. The number of hydrogen-bond acceptors (Lipinski definition) is 2. The van der Waals surface area contributed by atoms with Crippen molar-refractivity contribution in [3.05, 3.63) is 17.5 Å². The lowest BCUT2D eigenvalue weighted by atomic mass is 10.3. The highest BCUT2D eigenvalue weighted by atomic mass is 15.3. The highest BCUT2D eigenvalue weighted by molar-refractivity contribution is 5.08. The number of nitrogens with one attached hydrogen (secondary N) is 1. The minimum absolute atomic E-state index is 0.875. The van der Waals surface area contributed by atoms with Crippen LogP contribution < -0.4 is 5.32 Å². The summed E-state index contributed by atoms with van der Waals surface area (Å²) in [5, 5.41) is 7.75. The van der Waals surface area contributed by atoms with Crippen LogP contribution in [0.1, 0.15) is 31.7 Å². The van der Waals surface area contributed by atoms with Gasteiger partial charge in [0.25, 0.3) is 0 Å². The van der Waals surface area contributed by atoms with E-state index in [0.29, 0.717) is 0 Å². The topological polar surface area (TPSA) is 29.9 Å². The highest BCUT2D eigenvalue weighted by Gasteiger charge is 2.02. The second-order valence-electron chi connectivity index (χ2n) is 3.45. The van der Waals surface area contributed by atoms with Crippen LogP contribution in [-0.2, 0) is 13.1 Å². The van der Waals surface area contributed by atoms with Gasteiger partial charge in [0.05, 0.1) is 11.4 Å². The molecule has 1 aromatic rings. The van der Waals surface area contributed by atoms with Crippen LogP contribution in [-0.4, -0.2) is 16.3 Å². The predicted octanol–water partition coefficient (Wildman–Crippen LogP) is 1.71. The average molecular weight is 205 g/mol. The number of rotatable bonds is 5. The molecule has 0 atom stereocenters. The SMILES string of the molecule is CC#CCCNCc1cc(C)nn1CC. The van der Waals surface area contributed by atoms with Crippen molar-refractivity contribution in [1.82, 2.24) is 15.1 Å². The van der Waals surface area contributed by atoms with Gasteiger partial charge in [-0.3, -0.25) is 4.68 Å². The minimum atomic E-state index is 0.875. The third kappa shape index (κ3) is 3.77. The standard InChI is InChI=1S/C12H19N3/c1-4-6-7-8-13-10-12-9-11(3)14-15(12)5-2/h9,13H,5,7-8,10H2,1-3H3. The van der Waals surface area contributed by atoms with Gasteiger partial charge in [0.1, 0.15) is 0 Å². The van der Waals surface area contributed by atoms with Gasteiger partial charge in [0, 0.05) is 26.1 Å². The van der Waals surface area contributed by atoms with Crippen LogP contribution in [0.4, 0.5) is 0 Å². The smallest absolute Gasteiger partial charge is 0.0597 e. The maximum Gasteiger partial charge on any atom is 0.0597 e. The Kier molecular flexibility index (Phi) is 4.92. The molecule has 0 saturated heterocycles. The summed E-state index contributed by atoms with van der Waals surface area (Å²) in [4.78, 5) is 0. The summed E-state index contributed by atoms with van der Waals surface area (Å²) in [6.07, 6.45) is 0.912. The molecule has 3 nitrogen and oxygen atoms in total. The van der Waals surface area contributed by atoms with Gasteiger partial charge in [-0.25, -0.2) is 0 Å².